The summed E-state index contributed by atoms with van der Waals surface area (Å²) in [6, 6.07) is 8.62. The molecule has 0 fully saturated rings. The minimum absolute atomic E-state index is 0.0161. The molecule has 3 N–H and O–H groups in total. The number of benzene rings is 1. The maximum Gasteiger partial charge on any atom is 0.342 e. The van der Waals surface area contributed by atoms with Crippen LogP contribution in [0.1, 0.15) is 10.4 Å². The summed E-state index contributed by atoms with van der Waals surface area (Å²) in [4.78, 5) is 15.0. The summed E-state index contributed by atoms with van der Waals surface area (Å²) in [7, 11) is 0. The molecule has 1 aromatic carbocycles. The van der Waals surface area contributed by atoms with Gasteiger partial charge < -0.3 is 15.3 Å². The number of carboxylic acids is 1. The van der Waals surface area contributed by atoms with Crippen molar-refractivity contribution in [2.75, 3.05) is 0 Å². The fraction of sp³-hybridized carbons (Fsp3) is 0. The molecule has 2 heterocycles. The number of aromatic hydroxyl groups is 2. The van der Waals surface area contributed by atoms with E-state index in [9.17, 15) is 15.0 Å². The SMILES string of the molecule is O=C(O)c1c(Br)nn2c(O)c(-c3ccccc3)c(O)nc12. The number of hydrogen-bond acceptors (Lipinski definition) is 5. The Hall–Kier alpha value is -2.61. The van der Waals surface area contributed by atoms with Gasteiger partial charge in [-0.05, 0) is 21.5 Å². The van der Waals surface area contributed by atoms with Crippen LogP contribution in [0.15, 0.2) is 34.9 Å². The predicted molar refractivity (Wildman–Crippen MR) is 76.4 cm³/mol. The molecule has 0 saturated heterocycles. The lowest BCUT2D eigenvalue weighted by atomic mass is 10.1. The first-order valence-electron chi connectivity index (χ1n) is 5.79. The Morgan fingerprint density at radius 1 is 1.19 bits per heavy atom. The number of aromatic nitrogens is 3. The lowest BCUT2D eigenvalue weighted by Crippen LogP contribution is -2.00. The second-order valence-electron chi connectivity index (χ2n) is 4.21. The maximum atomic E-state index is 11.2. The van der Waals surface area contributed by atoms with Crippen molar-refractivity contribution in [3.05, 3.63) is 40.5 Å². The van der Waals surface area contributed by atoms with Gasteiger partial charge in [0, 0.05) is 0 Å². The number of halogens is 1. The first-order chi connectivity index (χ1) is 10.0. The van der Waals surface area contributed by atoms with Gasteiger partial charge in [0.25, 0.3) is 0 Å². The predicted octanol–water partition coefficient (Wildman–Crippen LogP) is 2.27. The average molecular weight is 350 g/mol. The zero-order valence-electron chi connectivity index (χ0n) is 10.4. The quantitative estimate of drug-likeness (QED) is 0.654. The third kappa shape index (κ3) is 2.00. The standard InChI is InChI=1S/C13H8BrN3O4/c14-9-8(13(20)21)10-15-11(18)7(12(19)17(10)16-9)6-4-2-1-3-5-6/h1-5,19H,(H,15,18)(H,20,21). The van der Waals surface area contributed by atoms with Crippen LogP contribution in [0.4, 0.5) is 0 Å². The van der Waals surface area contributed by atoms with Gasteiger partial charge in [-0.25, -0.2) is 4.79 Å². The minimum atomic E-state index is -1.27. The van der Waals surface area contributed by atoms with E-state index < -0.39 is 17.7 Å². The first kappa shape index (κ1) is 13.4. The molecule has 0 aliphatic carbocycles. The lowest BCUT2D eigenvalue weighted by molar-refractivity contribution is 0.0698. The topological polar surface area (TPSA) is 108 Å². The van der Waals surface area contributed by atoms with E-state index in [0.29, 0.717) is 5.56 Å². The Bertz CT molecular complexity index is 861. The molecule has 7 nitrogen and oxygen atoms in total. The summed E-state index contributed by atoms with van der Waals surface area (Å²) in [6.45, 7) is 0. The summed E-state index contributed by atoms with van der Waals surface area (Å²) < 4.78 is 0.984. The number of carboxylic acid groups (broad SMARTS) is 1. The summed E-state index contributed by atoms with van der Waals surface area (Å²) in [6.07, 6.45) is 0. The van der Waals surface area contributed by atoms with Gasteiger partial charge in [0.15, 0.2) is 5.65 Å². The van der Waals surface area contributed by atoms with Crippen molar-refractivity contribution in [3.8, 4) is 22.9 Å². The van der Waals surface area contributed by atoms with Crippen molar-refractivity contribution in [1.29, 1.82) is 0 Å². The Balaban J connectivity index is 2.38. The Morgan fingerprint density at radius 2 is 1.86 bits per heavy atom. The highest BCUT2D eigenvalue weighted by atomic mass is 79.9. The Morgan fingerprint density at radius 3 is 2.48 bits per heavy atom. The molecule has 0 aliphatic heterocycles. The molecule has 0 atom stereocenters. The number of fused-ring (bicyclic) bond motifs is 1. The molecular formula is C13H8BrN3O4. The van der Waals surface area contributed by atoms with E-state index in [-0.39, 0.29) is 21.4 Å². The van der Waals surface area contributed by atoms with E-state index in [1.807, 2.05) is 0 Å². The fourth-order valence-electron chi connectivity index (χ4n) is 2.04. The average Bonchev–Trinajstić information content (AvgIpc) is 2.76. The number of hydrogen-bond donors (Lipinski definition) is 3. The van der Waals surface area contributed by atoms with Gasteiger partial charge >= 0.3 is 5.97 Å². The zero-order chi connectivity index (χ0) is 15.1. The maximum absolute atomic E-state index is 11.2. The van der Waals surface area contributed by atoms with Crippen molar-refractivity contribution in [1.82, 2.24) is 14.6 Å². The van der Waals surface area contributed by atoms with Crippen molar-refractivity contribution >= 4 is 27.5 Å². The number of nitrogens with zero attached hydrogens (tertiary/aromatic N) is 3. The molecule has 0 spiro atoms. The van der Waals surface area contributed by atoms with Gasteiger partial charge in [0.05, 0.1) is 0 Å². The zero-order valence-corrected chi connectivity index (χ0v) is 11.9. The molecule has 106 valence electrons. The number of carbonyl (C=O) groups is 1. The minimum Gasteiger partial charge on any atom is -0.493 e. The van der Waals surface area contributed by atoms with Crippen LogP contribution in [0.25, 0.3) is 16.8 Å². The van der Waals surface area contributed by atoms with Crippen LogP contribution in [0.3, 0.4) is 0 Å². The molecule has 3 aromatic rings. The molecule has 0 bridgehead atoms. The van der Waals surface area contributed by atoms with Crippen molar-refractivity contribution < 1.29 is 20.1 Å². The highest BCUT2D eigenvalue weighted by molar-refractivity contribution is 9.10. The van der Waals surface area contributed by atoms with Gasteiger partial charge in [-0.1, -0.05) is 30.3 Å². The number of rotatable bonds is 2. The van der Waals surface area contributed by atoms with Gasteiger partial charge in [-0.3, -0.25) is 0 Å². The van der Waals surface area contributed by atoms with Gasteiger partial charge in [-0.15, -0.1) is 0 Å². The van der Waals surface area contributed by atoms with Crippen molar-refractivity contribution in [2.24, 2.45) is 0 Å². The molecule has 3 rings (SSSR count). The Kier molecular flexibility index (Phi) is 3.02. The number of aromatic carboxylic acids is 1. The van der Waals surface area contributed by atoms with Gasteiger partial charge in [0.1, 0.15) is 15.7 Å². The third-order valence-corrected chi connectivity index (χ3v) is 3.51. The van der Waals surface area contributed by atoms with Crippen LogP contribution < -0.4 is 0 Å². The molecule has 0 aliphatic rings. The van der Waals surface area contributed by atoms with E-state index in [2.05, 4.69) is 26.0 Å². The van der Waals surface area contributed by atoms with Crippen LogP contribution >= 0.6 is 15.9 Å². The van der Waals surface area contributed by atoms with E-state index in [1.54, 1.807) is 30.3 Å². The highest BCUT2D eigenvalue weighted by Crippen LogP contribution is 2.37. The van der Waals surface area contributed by atoms with Crippen molar-refractivity contribution in [3.63, 3.8) is 0 Å². The molecule has 0 amide bonds. The van der Waals surface area contributed by atoms with Crippen LogP contribution in [0.5, 0.6) is 11.8 Å². The molecular weight excluding hydrogens is 342 g/mol. The first-order valence-corrected chi connectivity index (χ1v) is 6.59. The summed E-state index contributed by atoms with van der Waals surface area (Å²) in [5, 5.41) is 33.4. The van der Waals surface area contributed by atoms with E-state index in [1.165, 1.54) is 0 Å². The van der Waals surface area contributed by atoms with E-state index >= 15 is 0 Å². The van der Waals surface area contributed by atoms with Crippen LogP contribution in [0, 0.1) is 0 Å². The van der Waals surface area contributed by atoms with Crippen LogP contribution in [-0.4, -0.2) is 35.9 Å². The fourth-order valence-corrected chi connectivity index (χ4v) is 2.55. The van der Waals surface area contributed by atoms with Crippen LogP contribution in [-0.2, 0) is 0 Å². The lowest BCUT2D eigenvalue weighted by Gasteiger charge is -2.08. The summed E-state index contributed by atoms with van der Waals surface area (Å²) in [5.74, 6) is -2.13. The molecule has 21 heavy (non-hydrogen) atoms. The second kappa shape index (κ2) is 4.74. The molecule has 0 unspecified atom stereocenters. The largest absolute Gasteiger partial charge is 0.493 e. The smallest absolute Gasteiger partial charge is 0.342 e. The Labute approximate surface area is 126 Å². The second-order valence-corrected chi connectivity index (χ2v) is 4.96. The summed E-state index contributed by atoms with van der Waals surface area (Å²) >= 11 is 3.00. The molecule has 0 radical (unpaired) electrons. The van der Waals surface area contributed by atoms with Gasteiger partial charge in [0.2, 0.25) is 11.8 Å². The van der Waals surface area contributed by atoms with Gasteiger partial charge in [-0.2, -0.15) is 14.6 Å². The molecule has 0 saturated carbocycles. The van der Waals surface area contributed by atoms with Crippen LogP contribution in [0.2, 0.25) is 0 Å². The molecule has 8 heteroatoms. The summed E-state index contributed by atoms with van der Waals surface area (Å²) in [5.41, 5.74) is 0.227. The van der Waals surface area contributed by atoms with E-state index in [4.69, 9.17) is 5.11 Å². The monoisotopic (exact) mass is 349 g/mol. The normalized spacial score (nSPS) is 10.9. The molecule has 2 aromatic heterocycles. The highest BCUT2D eigenvalue weighted by Gasteiger charge is 2.24. The van der Waals surface area contributed by atoms with Crippen molar-refractivity contribution in [2.45, 2.75) is 0 Å². The third-order valence-electron chi connectivity index (χ3n) is 2.95. The van der Waals surface area contributed by atoms with E-state index in [0.717, 1.165) is 4.52 Å².